The van der Waals surface area contributed by atoms with Crippen LogP contribution in [0.1, 0.15) is 62.5 Å². The molecule has 1 aromatic rings. The van der Waals surface area contributed by atoms with Crippen LogP contribution in [0, 0.1) is 12.3 Å². The van der Waals surface area contributed by atoms with E-state index in [1.54, 1.807) is 0 Å². The van der Waals surface area contributed by atoms with E-state index in [0.29, 0.717) is 12.0 Å². The summed E-state index contributed by atoms with van der Waals surface area (Å²) >= 11 is 0. The molecule has 0 aromatic heterocycles. The normalized spacial score (nSPS) is 35.0. The standard InChI is InChI=1S/C18H24O4/c1-11-8-7-9-12-13(19)10-14-17(5,15(11)12)21-22-18(6,20-14)16(2,3)4/h7-9,14H,10H2,1-6H3/t14-,17-,18-/m0/s1. The van der Waals surface area contributed by atoms with E-state index in [0.717, 1.165) is 11.1 Å². The average molecular weight is 304 g/mol. The molecular formula is C18H24O4. The third kappa shape index (κ3) is 2.05. The molecule has 1 aliphatic carbocycles. The van der Waals surface area contributed by atoms with E-state index in [2.05, 4.69) is 0 Å². The van der Waals surface area contributed by atoms with Gasteiger partial charge in [-0.15, -0.1) is 0 Å². The molecule has 1 aliphatic heterocycles. The number of aryl methyl sites for hydroxylation is 1. The molecule has 1 aromatic carbocycles. The van der Waals surface area contributed by atoms with Crippen LogP contribution >= 0.6 is 0 Å². The molecule has 0 unspecified atom stereocenters. The first-order chi connectivity index (χ1) is 10.1. The summed E-state index contributed by atoms with van der Waals surface area (Å²) in [6.45, 7) is 11.9. The van der Waals surface area contributed by atoms with Crippen LogP contribution in [0.3, 0.4) is 0 Å². The first-order valence-corrected chi connectivity index (χ1v) is 7.76. The highest BCUT2D eigenvalue weighted by molar-refractivity contribution is 6.00. The lowest BCUT2D eigenvalue weighted by atomic mass is 9.74. The molecule has 0 radical (unpaired) electrons. The summed E-state index contributed by atoms with van der Waals surface area (Å²) in [5.74, 6) is -0.791. The van der Waals surface area contributed by atoms with Crippen molar-refractivity contribution in [2.75, 3.05) is 0 Å². The van der Waals surface area contributed by atoms with Crippen LogP contribution in [-0.2, 0) is 20.1 Å². The summed E-state index contributed by atoms with van der Waals surface area (Å²) in [5, 5.41) is 0. The van der Waals surface area contributed by atoms with E-state index < -0.39 is 11.4 Å². The number of ether oxygens (including phenoxy) is 1. The minimum atomic E-state index is -0.891. The molecule has 1 fully saturated rings. The fourth-order valence-electron chi connectivity index (χ4n) is 3.20. The van der Waals surface area contributed by atoms with Crippen LogP contribution in [0.15, 0.2) is 18.2 Å². The van der Waals surface area contributed by atoms with Crippen molar-refractivity contribution in [3.05, 3.63) is 34.9 Å². The number of fused-ring (bicyclic) bond motifs is 3. The number of hydrogen-bond acceptors (Lipinski definition) is 4. The van der Waals surface area contributed by atoms with E-state index in [1.165, 1.54) is 0 Å². The molecule has 1 saturated heterocycles. The number of rotatable bonds is 0. The highest BCUT2D eigenvalue weighted by atomic mass is 17.2. The maximum absolute atomic E-state index is 12.5. The summed E-state index contributed by atoms with van der Waals surface area (Å²) in [4.78, 5) is 24.1. The largest absolute Gasteiger partial charge is 0.340 e. The zero-order valence-electron chi connectivity index (χ0n) is 14.1. The summed E-state index contributed by atoms with van der Waals surface area (Å²) < 4.78 is 6.26. The predicted octanol–water partition coefficient (Wildman–Crippen LogP) is 3.91. The quantitative estimate of drug-likeness (QED) is 0.682. The summed E-state index contributed by atoms with van der Waals surface area (Å²) in [6.07, 6.45) is -0.0475. The van der Waals surface area contributed by atoms with Gasteiger partial charge < -0.3 is 4.74 Å². The fraction of sp³-hybridized carbons (Fsp3) is 0.611. The summed E-state index contributed by atoms with van der Waals surface area (Å²) in [7, 11) is 0. The molecule has 0 saturated carbocycles. The Hall–Kier alpha value is -1.23. The molecule has 4 nitrogen and oxygen atoms in total. The Balaban J connectivity index is 2.08. The molecule has 1 heterocycles. The van der Waals surface area contributed by atoms with Crippen molar-refractivity contribution >= 4 is 5.78 Å². The number of carbonyl (C=O) groups excluding carboxylic acids is 1. The van der Waals surface area contributed by atoms with Crippen LogP contribution in [0.25, 0.3) is 0 Å². The Kier molecular flexibility index (Phi) is 3.30. The van der Waals surface area contributed by atoms with Crippen molar-refractivity contribution in [2.45, 2.75) is 65.5 Å². The molecule has 2 aliphatic rings. The number of hydrogen-bond donors (Lipinski definition) is 0. The van der Waals surface area contributed by atoms with E-state index in [-0.39, 0.29) is 17.3 Å². The average Bonchev–Trinajstić information content (AvgIpc) is 2.40. The lowest BCUT2D eigenvalue weighted by Gasteiger charge is -2.53. The van der Waals surface area contributed by atoms with Crippen molar-refractivity contribution in [1.29, 1.82) is 0 Å². The van der Waals surface area contributed by atoms with Crippen molar-refractivity contribution in [3.8, 4) is 0 Å². The van der Waals surface area contributed by atoms with Gasteiger partial charge in [-0.1, -0.05) is 39.0 Å². The Morgan fingerprint density at radius 3 is 2.50 bits per heavy atom. The van der Waals surface area contributed by atoms with Gasteiger partial charge in [0.15, 0.2) is 11.4 Å². The molecular weight excluding hydrogens is 280 g/mol. The molecule has 3 rings (SSSR count). The van der Waals surface area contributed by atoms with Crippen molar-refractivity contribution in [2.24, 2.45) is 5.41 Å². The highest BCUT2D eigenvalue weighted by Crippen LogP contribution is 2.50. The van der Waals surface area contributed by atoms with Gasteiger partial charge >= 0.3 is 0 Å². The van der Waals surface area contributed by atoms with Crippen LogP contribution in [0.2, 0.25) is 0 Å². The highest BCUT2D eigenvalue weighted by Gasteiger charge is 2.57. The van der Waals surface area contributed by atoms with Gasteiger partial charge in [-0.2, -0.15) is 4.89 Å². The molecule has 3 atom stereocenters. The van der Waals surface area contributed by atoms with Crippen LogP contribution in [0.5, 0.6) is 0 Å². The number of Topliss-reactive ketones (excluding diaryl/α,β-unsaturated/α-hetero) is 1. The molecule has 0 amide bonds. The third-order valence-electron chi connectivity index (χ3n) is 5.16. The molecule has 0 bridgehead atoms. The minimum absolute atomic E-state index is 0.0999. The first-order valence-electron chi connectivity index (χ1n) is 7.76. The van der Waals surface area contributed by atoms with Gasteiger partial charge in [0.05, 0.1) is 0 Å². The van der Waals surface area contributed by atoms with Crippen LogP contribution in [-0.4, -0.2) is 17.7 Å². The summed E-state index contributed by atoms with van der Waals surface area (Å²) in [5.41, 5.74) is 1.57. The molecule has 0 spiro atoms. The maximum atomic E-state index is 12.5. The predicted molar refractivity (Wildman–Crippen MR) is 82.4 cm³/mol. The van der Waals surface area contributed by atoms with Crippen molar-refractivity contribution in [3.63, 3.8) is 0 Å². The van der Waals surface area contributed by atoms with Crippen molar-refractivity contribution < 1.29 is 19.3 Å². The Morgan fingerprint density at radius 1 is 1.18 bits per heavy atom. The second-order valence-corrected chi connectivity index (χ2v) is 7.70. The zero-order valence-corrected chi connectivity index (χ0v) is 14.1. The number of ketones is 1. The number of benzene rings is 1. The number of carbonyl (C=O) groups is 1. The van der Waals surface area contributed by atoms with Crippen LogP contribution < -0.4 is 0 Å². The van der Waals surface area contributed by atoms with Gasteiger partial charge in [-0.25, -0.2) is 4.89 Å². The minimum Gasteiger partial charge on any atom is -0.340 e. The first kappa shape index (κ1) is 15.7. The van der Waals surface area contributed by atoms with E-state index in [4.69, 9.17) is 14.5 Å². The second kappa shape index (κ2) is 4.63. The van der Waals surface area contributed by atoms with Crippen molar-refractivity contribution in [1.82, 2.24) is 0 Å². The molecule has 0 N–H and O–H groups in total. The van der Waals surface area contributed by atoms with Gasteiger partial charge in [-0.05, 0) is 26.3 Å². The second-order valence-electron chi connectivity index (χ2n) is 7.70. The van der Waals surface area contributed by atoms with E-state index in [1.807, 2.05) is 59.7 Å². The van der Waals surface area contributed by atoms with Gasteiger partial charge in [0, 0.05) is 23.0 Å². The smallest absolute Gasteiger partial charge is 0.204 e. The van der Waals surface area contributed by atoms with Gasteiger partial charge in [0.1, 0.15) is 6.10 Å². The lowest BCUT2D eigenvalue weighted by Crippen LogP contribution is -2.60. The summed E-state index contributed by atoms with van der Waals surface area (Å²) in [6, 6.07) is 5.74. The monoisotopic (exact) mass is 304 g/mol. The molecule has 120 valence electrons. The molecule has 22 heavy (non-hydrogen) atoms. The van der Waals surface area contributed by atoms with Gasteiger partial charge in [0.2, 0.25) is 5.79 Å². The van der Waals surface area contributed by atoms with E-state index >= 15 is 0 Å². The SMILES string of the molecule is Cc1cccc2c1[C@@]1(C)OO[C@@](C)(C(C)(C)C)O[C@H]1CC2=O. The zero-order chi connectivity index (χ0) is 16.3. The third-order valence-corrected chi connectivity index (χ3v) is 5.16. The van der Waals surface area contributed by atoms with E-state index in [9.17, 15) is 4.79 Å². The van der Waals surface area contributed by atoms with Crippen LogP contribution in [0.4, 0.5) is 0 Å². The van der Waals surface area contributed by atoms with Gasteiger partial charge in [0.25, 0.3) is 0 Å². The Morgan fingerprint density at radius 2 is 1.86 bits per heavy atom. The lowest BCUT2D eigenvalue weighted by molar-refractivity contribution is -0.544. The Bertz CT molecular complexity index is 630. The van der Waals surface area contributed by atoms with Gasteiger partial charge in [-0.3, -0.25) is 4.79 Å². The Labute approximate surface area is 131 Å². The fourth-order valence-corrected chi connectivity index (χ4v) is 3.20. The molecule has 4 heteroatoms. The maximum Gasteiger partial charge on any atom is 0.204 e. The topological polar surface area (TPSA) is 44.8 Å².